The maximum Gasteiger partial charge on any atom is 0.167 e. The van der Waals surface area contributed by atoms with Crippen LogP contribution >= 0.6 is 11.8 Å². The number of halogens is 1. The van der Waals surface area contributed by atoms with E-state index in [0.717, 1.165) is 4.90 Å². The number of anilines is 1. The van der Waals surface area contributed by atoms with E-state index in [2.05, 4.69) is 0 Å². The topological polar surface area (TPSA) is 35.2 Å². The van der Waals surface area contributed by atoms with Crippen LogP contribution in [-0.4, -0.2) is 12.4 Å². The zero-order chi connectivity index (χ0) is 10.7. The fraction of sp³-hybridized carbons (Fsp3) is 0.400. The molecule has 0 aliphatic heterocycles. The minimum absolute atomic E-state index is 0.0390. The summed E-state index contributed by atoms with van der Waals surface area (Å²) in [6.07, 6.45) is 1.85. The number of nitrogen functional groups attached to an aromatic ring is 1. The third-order valence-corrected chi connectivity index (χ3v) is 2.44. The summed E-state index contributed by atoms with van der Waals surface area (Å²) in [5, 5.41) is 0. The molecular formula is C10H14FNOS. The van der Waals surface area contributed by atoms with Crippen molar-refractivity contribution >= 4 is 17.4 Å². The van der Waals surface area contributed by atoms with Crippen molar-refractivity contribution in [2.75, 3.05) is 12.0 Å². The van der Waals surface area contributed by atoms with Gasteiger partial charge in [0, 0.05) is 16.6 Å². The fourth-order valence-corrected chi connectivity index (χ4v) is 1.59. The Morgan fingerprint density at radius 1 is 1.43 bits per heavy atom. The molecule has 0 saturated carbocycles. The Labute approximate surface area is 87.6 Å². The standard InChI is InChI=1S/C10H14FNOS/c1-6(2)13-9-5-10(14-3)8(12)4-7(9)11/h4-6H,12H2,1-3H3. The highest BCUT2D eigenvalue weighted by Crippen LogP contribution is 2.30. The molecular weight excluding hydrogens is 201 g/mol. The first-order valence-electron chi connectivity index (χ1n) is 4.34. The van der Waals surface area contributed by atoms with Gasteiger partial charge in [0.05, 0.1) is 6.10 Å². The lowest BCUT2D eigenvalue weighted by atomic mass is 10.3. The Bertz CT molecular complexity index is 328. The van der Waals surface area contributed by atoms with Crippen LogP contribution in [0, 0.1) is 5.82 Å². The van der Waals surface area contributed by atoms with Crippen molar-refractivity contribution in [1.29, 1.82) is 0 Å². The van der Waals surface area contributed by atoms with Crippen molar-refractivity contribution in [3.05, 3.63) is 17.9 Å². The van der Waals surface area contributed by atoms with Gasteiger partial charge in [0.1, 0.15) is 0 Å². The second-order valence-corrected chi connectivity index (χ2v) is 4.04. The van der Waals surface area contributed by atoms with E-state index in [-0.39, 0.29) is 11.9 Å². The van der Waals surface area contributed by atoms with Crippen LogP contribution in [0.25, 0.3) is 0 Å². The van der Waals surface area contributed by atoms with Gasteiger partial charge in [-0.3, -0.25) is 0 Å². The van der Waals surface area contributed by atoms with Gasteiger partial charge in [-0.1, -0.05) is 0 Å². The molecule has 1 aromatic carbocycles. The summed E-state index contributed by atoms with van der Waals surface area (Å²) in [7, 11) is 0. The van der Waals surface area contributed by atoms with Crippen LogP contribution in [0.5, 0.6) is 5.75 Å². The van der Waals surface area contributed by atoms with Crippen LogP contribution in [0.15, 0.2) is 17.0 Å². The van der Waals surface area contributed by atoms with Crippen LogP contribution in [0.2, 0.25) is 0 Å². The van der Waals surface area contributed by atoms with Crippen LogP contribution in [0.4, 0.5) is 10.1 Å². The van der Waals surface area contributed by atoms with Crippen molar-refractivity contribution in [2.45, 2.75) is 24.8 Å². The average molecular weight is 215 g/mol. The minimum Gasteiger partial charge on any atom is -0.488 e. The Hall–Kier alpha value is -0.900. The zero-order valence-electron chi connectivity index (χ0n) is 8.50. The first-order valence-corrected chi connectivity index (χ1v) is 5.56. The van der Waals surface area contributed by atoms with Gasteiger partial charge < -0.3 is 10.5 Å². The number of ether oxygens (including phenoxy) is 1. The van der Waals surface area contributed by atoms with Crippen molar-refractivity contribution in [3.8, 4) is 5.75 Å². The van der Waals surface area contributed by atoms with E-state index < -0.39 is 5.82 Å². The highest BCUT2D eigenvalue weighted by molar-refractivity contribution is 7.98. The molecule has 0 radical (unpaired) electrons. The number of rotatable bonds is 3. The molecule has 0 amide bonds. The normalized spacial score (nSPS) is 10.6. The molecule has 0 heterocycles. The monoisotopic (exact) mass is 215 g/mol. The maximum atomic E-state index is 13.3. The van der Waals surface area contributed by atoms with E-state index in [9.17, 15) is 4.39 Å². The first kappa shape index (κ1) is 11.2. The quantitative estimate of drug-likeness (QED) is 0.622. The molecule has 0 atom stereocenters. The zero-order valence-corrected chi connectivity index (χ0v) is 9.32. The number of benzene rings is 1. The lowest BCUT2D eigenvalue weighted by molar-refractivity contribution is 0.230. The van der Waals surface area contributed by atoms with Gasteiger partial charge in [-0.05, 0) is 26.2 Å². The van der Waals surface area contributed by atoms with Crippen molar-refractivity contribution in [3.63, 3.8) is 0 Å². The summed E-state index contributed by atoms with van der Waals surface area (Å²) >= 11 is 1.47. The van der Waals surface area contributed by atoms with E-state index in [0.29, 0.717) is 5.69 Å². The van der Waals surface area contributed by atoms with Crippen LogP contribution in [0.3, 0.4) is 0 Å². The summed E-state index contributed by atoms with van der Waals surface area (Å²) < 4.78 is 18.6. The summed E-state index contributed by atoms with van der Waals surface area (Å²) in [4.78, 5) is 0.835. The molecule has 0 fully saturated rings. The van der Waals surface area contributed by atoms with Gasteiger partial charge in [-0.15, -0.1) is 11.8 Å². The number of hydrogen-bond acceptors (Lipinski definition) is 3. The molecule has 0 spiro atoms. The summed E-state index contributed by atoms with van der Waals surface area (Å²) in [5.41, 5.74) is 6.07. The van der Waals surface area contributed by atoms with Crippen LogP contribution in [-0.2, 0) is 0 Å². The van der Waals surface area contributed by atoms with E-state index in [4.69, 9.17) is 10.5 Å². The molecule has 0 aromatic heterocycles. The molecule has 14 heavy (non-hydrogen) atoms. The van der Waals surface area contributed by atoms with Gasteiger partial charge in [0.15, 0.2) is 11.6 Å². The number of thioether (sulfide) groups is 1. The minimum atomic E-state index is -0.408. The van der Waals surface area contributed by atoms with E-state index >= 15 is 0 Å². The van der Waals surface area contributed by atoms with E-state index in [1.54, 1.807) is 6.07 Å². The molecule has 2 N–H and O–H groups in total. The molecule has 0 unspecified atom stereocenters. The Balaban J connectivity index is 3.04. The molecule has 0 saturated heterocycles. The van der Waals surface area contributed by atoms with Gasteiger partial charge in [-0.2, -0.15) is 0 Å². The predicted molar refractivity (Wildman–Crippen MR) is 58.4 cm³/mol. The molecule has 78 valence electrons. The van der Waals surface area contributed by atoms with Crippen LogP contribution < -0.4 is 10.5 Å². The predicted octanol–water partition coefficient (Wildman–Crippen LogP) is 2.92. The SMILES string of the molecule is CSc1cc(OC(C)C)c(F)cc1N. The lowest BCUT2D eigenvalue weighted by Gasteiger charge is -2.12. The molecule has 0 aliphatic carbocycles. The van der Waals surface area contributed by atoms with Crippen molar-refractivity contribution in [1.82, 2.24) is 0 Å². The number of nitrogens with two attached hydrogens (primary N) is 1. The Kier molecular flexibility index (Phi) is 3.63. The molecule has 4 heteroatoms. The third-order valence-electron chi connectivity index (χ3n) is 1.65. The first-order chi connectivity index (χ1) is 6.54. The van der Waals surface area contributed by atoms with E-state index in [1.165, 1.54) is 17.8 Å². The highest BCUT2D eigenvalue weighted by atomic mass is 32.2. The molecule has 0 bridgehead atoms. The Morgan fingerprint density at radius 2 is 2.07 bits per heavy atom. The molecule has 1 rings (SSSR count). The Morgan fingerprint density at radius 3 is 2.57 bits per heavy atom. The smallest absolute Gasteiger partial charge is 0.167 e. The maximum absolute atomic E-state index is 13.3. The van der Waals surface area contributed by atoms with Gasteiger partial charge >= 0.3 is 0 Å². The van der Waals surface area contributed by atoms with E-state index in [1.807, 2.05) is 20.1 Å². The molecule has 1 aromatic rings. The summed E-state index contributed by atoms with van der Waals surface area (Å²) in [6, 6.07) is 2.93. The largest absolute Gasteiger partial charge is 0.488 e. The molecule has 2 nitrogen and oxygen atoms in total. The van der Waals surface area contributed by atoms with Crippen LogP contribution in [0.1, 0.15) is 13.8 Å². The average Bonchev–Trinajstić information content (AvgIpc) is 2.09. The second kappa shape index (κ2) is 4.55. The van der Waals surface area contributed by atoms with Gasteiger partial charge in [-0.25, -0.2) is 4.39 Å². The number of hydrogen-bond donors (Lipinski definition) is 1. The van der Waals surface area contributed by atoms with Crippen molar-refractivity contribution < 1.29 is 9.13 Å². The summed E-state index contributed by atoms with van der Waals surface area (Å²) in [5.74, 6) is -0.146. The molecule has 0 aliphatic rings. The summed E-state index contributed by atoms with van der Waals surface area (Å²) in [6.45, 7) is 3.71. The fourth-order valence-electron chi connectivity index (χ4n) is 1.07. The highest BCUT2D eigenvalue weighted by Gasteiger charge is 2.09. The van der Waals surface area contributed by atoms with Gasteiger partial charge in [0.2, 0.25) is 0 Å². The van der Waals surface area contributed by atoms with Crippen molar-refractivity contribution in [2.24, 2.45) is 0 Å². The van der Waals surface area contributed by atoms with Gasteiger partial charge in [0.25, 0.3) is 0 Å². The lowest BCUT2D eigenvalue weighted by Crippen LogP contribution is -2.07. The second-order valence-electron chi connectivity index (χ2n) is 3.19. The third kappa shape index (κ3) is 2.54.